The van der Waals surface area contributed by atoms with Crippen molar-refractivity contribution in [3.05, 3.63) is 94.8 Å². The molecule has 1 saturated heterocycles. The molecule has 0 aromatic heterocycles. The van der Waals surface area contributed by atoms with Crippen LogP contribution in [0.15, 0.2) is 72.6 Å². The van der Waals surface area contributed by atoms with E-state index in [1.807, 2.05) is 30.3 Å². The summed E-state index contributed by atoms with van der Waals surface area (Å²) in [6.45, 7) is 2.67. The van der Waals surface area contributed by atoms with Crippen molar-refractivity contribution in [3.63, 3.8) is 0 Å². The van der Waals surface area contributed by atoms with Crippen LogP contribution in [0.5, 0.6) is 0 Å². The second-order valence-corrected chi connectivity index (χ2v) is 9.15. The molecule has 0 radical (unpaired) electrons. The molecule has 0 bridgehead atoms. The van der Waals surface area contributed by atoms with Crippen molar-refractivity contribution in [2.45, 2.75) is 50.7 Å². The van der Waals surface area contributed by atoms with Gasteiger partial charge in [0, 0.05) is 19.0 Å². The predicted octanol–water partition coefficient (Wildman–Crippen LogP) is 7.46. The topological polar surface area (TPSA) is 21.7 Å². The third kappa shape index (κ3) is 6.80. The van der Waals surface area contributed by atoms with Crippen LogP contribution in [-0.4, -0.2) is 30.4 Å². The summed E-state index contributed by atoms with van der Waals surface area (Å²) < 4.78 is 106. The highest BCUT2D eigenvalue weighted by Gasteiger charge is 2.41. The van der Waals surface area contributed by atoms with Gasteiger partial charge < -0.3 is 9.47 Å². The van der Waals surface area contributed by atoms with Gasteiger partial charge in [-0.05, 0) is 54.8 Å². The van der Waals surface area contributed by atoms with Gasteiger partial charge in [-0.2, -0.15) is 26.3 Å². The van der Waals surface area contributed by atoms with Crippen LogP contribution in [0.3, 0.4) is 0 Å². The van der Waals surface area contributed by atoms with Crippen molar-refractivity contribution in [2.24, 2.45) is 5.92 Å². The summed E-state index contributed by atoms with van der Waals surface area (Å²) in [5.74, 6) is -0.620. The molecule has 10 heteroatoms. The number of ether oxygens (including phenoxy) is 2. The van der Waals surface area contributed by atoms with E-state index in [4.69, 9.17) is 9.47 Å². The standard InChI is InChI=1S/C27H26F7NO2/c1-17(20-13-21(26(29,30)31)15-22(14-20)27(32,33)34)37-25-24(19-7-9-23(28)10-8-19)35(11-12-36-25)16-18-5-3-2-4-6-18/h2-7,9-10,13-15,17,19,24-25H,8,11-12,16H2,1H3/t17-,19?,24+,25+/m1/s1. The molecule has 3 nitrogen and oxygen atoms in total. The van der Waals surface area contributed by atoms with E-state index in [0.717, 1.165) is 5.56 Å². The highest BCUT2D eigenvalue weighted by molar-refractivity contribution is 5.34. The van der Waals surface area contributed by atoms with Gasteiger partial charge in [0.1, 0.15) is 5.83 Å². The molecule has 0 amide bonds. The van der Waals surface area contributed by atoms with E-state index < -0.39 is 41.9 Å². The van der Waals surface area contributed by atoms with Gasteiger partial charge in [0.2, 0.25) is 0 Å². The number of morpholine rings is 1. The van der Waals surface area contributed by atoms with Gasteiger partial charge >= 0.3 is 12.4 Å². The monoisotopic (exact) mass is 529 g/mol. The summed E-state index contributed by atoms with van der Waals surface area (Å²) in [6, 6.07) is 10.5. The Balaban J connectivity index is 1.63. The first-order valence-electron chi connectivity index (χ1n) is 11.8. The van der Waals surface area contributed by atoms with Crippen molar-refractivity contribution in [1.29, 1.82) is 0 Å². The second kappa shape index (κ2) is 11.0. The van der Waals surface area contributed by atoms with Gasteiger partial charge in [-0.25, -0.2) is 4.39 Å². The van der Waals surface area contributed by atoms with Gasteiger partial charge in [0.05, 0.1) is 29.9 Å². The van der Waals surface area contributed by atoms with E-state index in [0.29, 0.717) is 31.6 Å². The third-order valence-corrected chi connectivity index (χ3v) is 6.53. The quantitative estimate of drug-likeness (QED) is 0.363. The molecule has 0 spiro atoms. The van der Waals surface area contributed by atoms with Gasteiger partial charge in [-0.3, -0.25) is 4.90 Å². The third-order valence-electron chi connectivity index (χ3n) is 6.53. The molecule has 0 saturated carbocycles. The Morgan fingerprint density at radius 1 is 1.00 bits per heavy atom. The fourth-order valence-electron chi connectivity index (χ4n) is 4.66. The Hall–Kier alpha value is -2.69. The highest BCUT2D eigenvalue weighted by Crippen LogP contribution is 2.39. The van der Waals surface area contributed by atoms with Crippen molar-refractivity contribution in [3.8, 4) is 0 Å². The number of halogens is 7. The molecule has 1 heterocycles. The zero-order chi connectivity index (χ0) is 26.8. The van der Waals surface area contributed by atoms with Crippen LogP contribution in [0, 0.1) is 5.92 Å². The number of rotatable bonds is 6. The lowest BCUT2D eigenvalue weighted by atomic mass is 9.89. The lowest BCUT2D eigenvalue weighted by Gasteiger charge is -2.45. The van der Waals surface area contributed by atoms with E-state index in [2.05, 4.69) is 4.90 Å². The maximum absolute atomic E-state index is 13.7. The molecule has 4 atom stereocenters. The van der Waals surface area contributed by atoms with Crippen LogP contribution in [0.25, 0.3) is 0 Å². The molecular formula is C27H26F7NO2. The maximum Gasteiger partial charge on any atom is 0.416 e. The summed E-state index contributed by atoms with van der Waals surface area (Å²) in [5.41, 5.74) is -2.07. The van der Waals surface area contributed by atoms with Gasteiger partial charge in [0.15, 0.2) is 6.29 Å². The summed E-state index contributed by atoms with van der Waals surface area (Å²) in [6.07, 6.45) is -7.23. The molecular weight excluding hydrogens is 503 g/mol. The predicted molar refractivity (Wildman–Crippen MR) is 123 cm³/mol. The largest absolute Gasteiger partial charge is 0.416 e. The molecule has 2 aromatic rings. The Bertz CT molecular complexity index is 1100. The van der Waals surface area contributed by atoms with Crippen molar-refractivity contribution in [2.75, 3.05) is 13.2 Å². The number of hydrogen-bond acceptors (Lipinski definition) is 3. The minimum atomic E-state index is -4.96. The number of hydrogen-bond donors (Lipinski definition) is 0. The molecule has 37 heavy (non-hydrogen) atoms. The minimum Gasteiger partial charge on any atom is -0.350 e. The summed E-state index contributed by atoms with van der Waals surface area (Å²) in [7, 11) is 0. The normalized spacial score (nSPS) is 24.1. The number of allylic oxidation sites excluding steroid dienone is 3. The van der Waals surface area contributed by atoms with Gasteiger partial charge in [-0.1, -0.05) is 36.4 Å². The highest BCUT2D eigenvalue weighted by atomic mass is 19.4. The fourth-order valence-corrected chi connectivity index (χ4v) is 4.66. The van der Waals surface area contributed by atoms with Gasteiger partial charge in [-0.15, -0.1) is 0 Å². The van der Waals surface area contributed by atoms with Crippen LogP contribution >= 0.6 is 0 Å². The van der Waals surface area contributed by atoms with Crippen molar-refractivity contribution >= 4 is 0 Å². The number of alkyl halides is 6. The van der Waals surface area contributed by atoms with Crippen LogP contribution in [0.1, 0.15) is 41.7 Å². The molecule has 2 aliphatic rings. The smallest absolute Gasteiger partial charge is 0.350 e. The molecule has 1 aliphatic carbocycles. The summed E-state index contributed by atoms with van der Waals surface area (Å²) in [5, 5.41) is 0. The first-order chi connectivity index (χ1) is 17.4. The van der Waals surface area contributed by atoms with E-state index >= 15 is 0 Å². The second-order valence-electron chi connectivity index (χ2n) is 9.15. The van der Waals surface area contributed by atoms with E-state index in [1.54, 1.807) is 6.08 Å². The van der Waals surface area contributed by atoms with Gasteiger partial charge in [0.25, 0.3) is 0 Å². The minimum absolute atomic E-state index is 0.0887. The SMILES string of the molecule is C[C@@H](O[C@@H]1OCCN(Cc2ccccc2)[C@H]1C1C=CC(F)=CC1)c1cc(C(F)(F)F)cc(C(F)(F)F)c1. The van der Waals surface area contributed by atoms with E-state index in [9.17, 15) is 30.7 Å². The molecule has 2 aromatic carbocycles. The van der Waals surface area contributed by atoms with Crippen LogP contribution in [0.4, 0.5) is 30.7 Å². The van der Waals surface area contributed by atoms with Crippen LogP contribution < -0.4 is 0 Å². The lowest BCUT2D eigenvalue weighted by Crippen LogP contribution is -2.55. The molecule has 200 valence electrons. The Morgan fingerprint density at radius 2 is 1.65 bits per heavy atom. The Morgan fingerprint density at radius 3 is 2.22 bits per heavy atom. The average molecular weight is 529 g/mol. The zero-order valence-corrected chi connectivity index (χ0v) is 19.9. The molecule has 1 unspecified atom stereocenters. The number of nitrogens with zero attached hydrogens (tertiary/aromatic N) is 1. The van der Waals surface area contributed by atoms with E-state index in [1.165, 1.54) is 19.1 Å². The fraction of sp³-hybridized carbons (Fsp3) is 0.407. The molecule has 0 N–H and O–H groups in total. The molecule has 4 rings (SSSR count). The zero-order valence-electron chi connectivity index (χ0n) is 19.9. The maximum atomic E-state index is 13.7. The molecule has 1 fully saturated rings. The summed E-state index contributed by atoms with van der Waals surface area (Å²) in [4.78, 5) is 2.09. The van der Waals surface area contributed by atoms with Crippen LogP contribution in [0.2, 0.25) is 0 Å². The lowest BCUT2D eigenvalue weighted by molar-refractivity contribution is -0.235. The van der Waals surface area contributed by atoms with Crippen LogP contribution in [-0.2, 0) is 28.4 Å². The first kappa shape index (κ1) is 27.3. The van der Waals surface area contributed by atoms with Crippen molar-refractivity contribution < 1.29 is 40.2 Å². The molecule has 1 aliphatic heterocycles. The Kier molecular flexibility index (Phi) is 8.11. The summed E-state index contributed by atoms with van der Waals surface area (Å²) >= 11 is 0. The van der Waals surface area contributed by atoms with E-state index in [-0.39, 0.29) is 30.0 Å². The average Bonchev–Trinajstić information content (AvgIpc) is 2.84. The first-order valence-corrected chi connectivity index (χ1v) is 11.8. The Labute approximate surface area is 210 Å². The number of benzene rings is 2. The van der Waals surface area contributed by atoms with Crippen molar-refractivity contribution in [1.82, 2.24) is 4.90 Å².